The molecule has 150 valence electrons. The van der Waals surface area contributed by atoms with Crippen LogP contribution in [0.25, 0.3) is 11.3 Å². The molecule has 1 saturated carbocycles. The van der Waals surface area contributed by atoms with Crippen molar-refractivity contribution >= 4 is 6.03 Å². The van der Waals surface area contributed by atoms with Gasteiger partial charge in [-0.25, -0.2) is 9.18 Å². The van der Waals surface area contributed by atoms with Crippen molar-refractivity contribution in [3.05, 3.63) is 71.9 Å². The average Bonchev–Trinajstić information content (AvgIpc) is 3.42. The highest BCUT2D eigenvalue weighted by molar-refractivity contribution is 5.73. The lowest BCUT2D eigenvalue weighted by atomic mass is 10.1. The second-order valence-corrected chi connectivity index (χ2v) is 7.30. The third kappa shape index (κ3) is 4.80. The molecule has 0 atom stereocenters. The first-order chi connectivity index (χ1) is 14.2. The summed E-state index contributed by atoms with van der Waals surface area (Å²) in [6, 6.07) is 12.2. The molecule has 0 radical (unpaired) electrons. The fraction of sp³-hybridized carbons (Fsp3) is 0.318. The number of benzene rings is 1. The van der Waals surface area contributed by atoms with Gasteiger partial charge in [-0.1, -0.05) is 25.0 Å². The molecule has 4 rings (SSSR count). The van der Waals surface area contributed by atoms with Crippen molar-refractivity contribution in [2.24, 2.45) is 0 Å². The van der Waals surface area contributed by atoms with E-state index in [0.29, 0.717) is 19.1 Å². The number of hydrogen-bond donors (Lipinski definition) is 2. The topological polar surface area (TPSA) is 71.8 Å². The monoisotopic (exact) mass is 393 g/mol. The molecule has 0 unspecified atom stereocenters. The van der Waals surface area contributed by atoms with Gasteiger partial charge in [-0.3, -0.25) is 9.67 Å². The van der Waals surface area contributed by atoms with Gasteiger partial charge in [0.15, 0.2) is 0 Å². The molecule has 1 fully saturated rings. The number of carbonyl (C=O) groups is 1. The Morgan fingerprint density at radius 2 is 1.72 bits per heavy atom. The first-order valence-electron chi connectivity index (χ1n) is 9.94. The van der Waals surface area contributed by atoms with E-state index in [9.17, 15) is 9.18 Å². The zero-order chi connectivity index (χ0) is 20.1. The molecule has 7 heteroatoms. The number of rotatable bonds is 6. The van der Waals surface area contributed by atoms with Crippen LogP contribution < -0.4 is 10.6 Å². The van der Waals surface area contributed by atoms with Gasteiger partial charge < -0.3 is 10.6 Å². The zero-order valence-corrected chi connectivity index (χ0v) is 16.1. The van der Waals surface area contributed by atoms with Crippen LogP contribution in [0.15, 0.2) is 54.9 Å². The van der Waals surface area contributed by atoms with Gasteiger partial charge in [0.1, 0.15) is 5.82 Å². The Hall–Kier alpha value is -3.22. The average molecular weight is 393 g/mol. The number of pyridine rings is 1. The highest BCUT2D eigenvalue weighted by Gasteiger charge is 2.22. The Labute approximate surface area is 169 Å². The third-order valence-corrected chi connectivity index (χ3v) is 5.23. The molecule has 0 aliphatic heterocycles. The SMILES string of the molecule is O=C(NCc1ccc(F)cc1)NCc1cc(-c2ccncc2)n(C2CCCC2)n1. The number of nitrogens with one attached hydrogen (secondary N) is 2. The summed E-state index contributed by atoms with van der Waals surface area (Å²) in [4.78, 5) is 16.2. The summed E-state index contributed by atoms with van der Waals surface area (Å²) in [6.45, 7) is 0.679. The number of amides is 2. The van der Waals surface area contributed by atoms with Crippen LogP contribution in [0.1, 0.15) is 43.0 Å². The minimum atomic E-state index is -0.291. The first kappa shape index (κ1) is 19.1. The minimum absolute atomic E-state index is 0.282. The van der Waals surface area contributed by atoms with Crippen LogP contribution in [0, 0.1) is 5.82 Å². The van der Waals surface area contributed by atoms with E-state index in [2.05, 4.69) is 20.3 Å². The van der Waals surface area contributed by atoms with Gasteiger partial charge in [-0.05, 0) is 48.7 Å². The van der Waals surface area contributed by atoms with Crippen LogP contribution in [-0.2, 0) is 13.1 Å². The summed E-state index contributed by atoms with van der Waals surface area (Å²) in [5.41, 5.74) is 3.79. The van der Waals surface area contributed by atoms with Crippen molar-refractivity contribution in [2.45, 2.75) is 44.8 Å². The Morgan fingerprint density at radius 3 is 2.45 bits per heavy atom. The van der Waals surface area contributed by atoms with Crippen LogP contribution in [0.2, 0.25) is 0 Å². The summed E-state index contributed by atoms with van der Waals surface area (Å²) in [7, 11) is 0. The smallest absolute Gasteiger partial charge is 0.315 e. The zero-order valence-electron chi connectivity index (χ0n) is 16.1. The highest BCUT2D eigenvalue weighted by atomic mass is 19.1. The summed E-state index contributed by atoms with van der Waals surface area (Å²) in [6.07, 6.45) is 8.26. The van der Waals surface area contributed by atoms with Gasteiger partial charge >= 0.3 is 6.03 Å². The maximum Gasteiger partial charge on any atom is 0.315 e. The van der Waals surface area contributed by atoms with E-state index in [1.807, 2.05) is 18.2 Å². The van der Waals surface area contributed by atoms with E-state index in [0.717, 1.165) is 35.4 Å². The summed E-state index contributed by atoms with van der Waals surface area (Å²) >= 11 is 0. The third-order valence-electron chi connectivity index (χ3n) is 5.23. The van der Waals surface area contributed by atoms with Crippen LogP contribution in [0.4, 0.5) is 9.18 Å². The minimum Gasteiger partial charge on any atom is -0.334 e. The van der Waals surface area contributed by atoms with Gasteiger partial charge in [0.2, 0.25) is 0 Å². The van der Waals surface area contributed by atoms with Crippen molar-refractivity contribution < 1.29 is 9.18 Å². The van der Waals surface area contributed by atoms with Crippen LogP contribution >= 0.6 is 0 Å². The molecule has 0 saturated heterocycles. The number of aromatic nitrogens is 3. The highest BCUT2D eigenvalue weighted by Crippen LogP contribution is 2.33. The first-order valence-corrected chi connectivity index (χ1v) is 9.94. The van der Waals surface area contributed by atoms with Crippen molar-refractivity contribution in [3.8, 4) is 11.3 Å². The van der Waals surface area contributed by atoms with E-state index in [1.54, 1.807) is 24.5 Å². The maximum absolute atomic E-state index is 13.0. The number of carbonyl (C=O) groups excluding carboxylic acids is 1. The molecule has 2 N–H and O–H groups in total. The lowest BCUT2D eigenvalue weighted by molar-refractivity contribution is 0.240. The fourth-order valence-electron chi connectivity index (χ4n) is 3.71. The van der Waals surface area contributed by atoms with Crippen LogP contribution in [-0.4, -0.2) is 20.8 Å². The van der Waals surface area contributed by atoms with E-state index in [4.69, 9.17) is 5.10 Å². The van der Waals surface area contributed by atoms with Crippen molar-refractivity contribution in [1.82, 2.24) is 25.4 Å². The van der Waals surface area contributed by atoms with Gasteiger partial charge in [0, 0.05) is 24.5 Å². The summed E-state index contributed by atoms with van der Waals surface area (Å²) < 4.78 is 15.1. The van der Waals surface area contributed by atoms with Gasteiger partial charge in [0.05, 0.1) is 24.0 Å². The molecule has 2 amide bonds. The van der Waals surface area contributed by atoms with Gasteiger partial charge in [-0.15, -0.1) is 0 Å². The second-order valence-electron chi connectivity index (χ2n) is 7.30. The number of hydrogen-bond acceptors (Lipinski definition) is 3. The summed E-state index contributed by atoms with van der Waals surface area (Å²) in [5.74, 6) is -0.291. The van der Waals surface area contributed by atoms with Crippen LogP contribution in [0.5, 0.6) is 0 Å². The predicted molar refractivity (Wildman–Crippen MR) is 108 cm³/mol. The molecule has 6 nitrogen and oxygen atoms in total. The largest absolute Gasteiger partial charge is 0.334 e. The van der Waals surface area contributed by atoms with Crippen molar-refractivity contribution in [3.63, 3.8) is 0 Å². The van der Waals surface area contributed by atoms with Gasteiger partial charge in [0.25, 0.3) is 0 Å². The normalized spacial score (nSPS) is 14.1. The Morgan fingerprint density at radius 1 is 1.03 bits per heavy atom. The Bertz CT molecular complexity index is 949. The molecular formula is C22H24FN5O. The molecule has 0 bridgehead atoms. The number of nitrogens with zero attached hydrogens (tertiary/aromatic N) is 3. The second kappa shape index (κ2) is 8.86. The van der Waals surface area contributed by atoms with Crippen molar-refractivity contribution in [2.75, 3.05) is 0 Å². The standard InChI is InChI=1S/C22H24FN5O/c23-18-7-5-16(6-8-18)14-25-22(29)26-15-19-13-21(17-9-11-24-12-10-17)28(27-19)20-3-1-2-4-20/h5-13,20H,1-4,14-15H2,(H2,25,26,29). The number of urea groups is 1. The molecule has 2 aromatic heterocycles. The quantitative estimate of drug-likeness (QED) is 0.659. The maximum atomic E-state index is 13.0. The van der Waals surface area contributed by atoms with E-state index < -0.39 is 0 Å². The van der Waals surface area contributed by atoms with E-state index in [-0.39, 0.29) is 11.8 Å². The van der Waals surface area contributed by atoms with Crippen LogP contribution in [0.3, 0.4) is 0 Å². The van der Waals surface area contributed by atoms with E-state index in [1.165, 1.54) is 25.0 Å². The Balaban J connectivity index is 1.40. The summed E-state index contributed by atoms with van der Waals surface area (Å²) in [5, 5.41) is 10.4. The molecule has 3 aromatic rings. The van der Waals surface area contributed by atoms with E-state index >= 15 is 0 Å². The molecular weight excluding hydrogens is 369 g/mol. The van der Waals surface area contributed by atoms with Gasteiger partial charge in [-0.2, -0.15) is 5.10 Å². The molecule has 29 heavy (non-hydrogen) atoms. The molecule has 1 aliphatic carbocycles. The fourth-order valence-corrected chi connectivity index (χ4v) is 3.71. The molecule has 2 heterocycles. The lowest BCUT2D eigenvalue weighted by Gasteiger charge is -2.14. The molecule has 1 aliphatic rings. The molecule has 1 aromatic carbocycles. The lowest BCUT2D eigenvalue weighted by Crippen LogP contribution is -2.34. The predicted octanol–water partition coefficient (Wildman–Crippen LogP) is 4.20. The van der Waals surface area contributed by atoms with Crippen molar-refractivity contribution in [1.29, 1.82) is 0 Å². The number of halogens is 1. The molecule has 0 spiro atoms. The Kier molecular flexibility index (Phi) is 5.84.